The summed E-state index contributed by atoms with van der Waals surface area (Å²) in [7, 11) is 0. The number of thioether (sulfide) groups is 1. The van der Waals surface area contributed by atoms with E-state index in [0.29, 0.717) is 6.04 Å². The quantitative estimate of drug-likeness (QED) is 0.673. The van der Waals surface area contributed by atoms with Crippen LogP contribution in [-0.4, -0.2) is 18.6 Å². The first-order valence-electron chi connectivity index (χ1n) is 7.29. The fraction of sp³-hybridized carbons (Fsp3) is 0.625. The van der Waals surface area contributed by atoms with Crippen LogP contribution in [0.3, 0.4) is 0 Å². The third kappa shape index (κ3) is 5.15. The van der Waals surface area contributed by atoms with Crippen LogP contribution in [0.5, 0.6) is 0 Å². The van der Waals surface area contributed by atoms with Crippen LogP contribution in [0, 0.1) is 11.7 Å². The van der Waals surface area contributed by atoms with Crippen LogP contribution < -0.4 is 5.32 Å². The Morgan fingerprint density at radius 3 is 2.58 bits per heavy atom. The van der Waals surface area contributed by atoms with Gasteiger partial charge in [0.15, 0.2) is 0 Å². The molecule has 1 fully saturated rings. The Balaban J connectivity index is 1.75. The van der Waals surface area contributed by atoms with E-state index in [9.17, 15) is 4.39 Å². The lowest BCUT2D eigenvalue weighted by molar-refractivity contribution is 0.468. The highest BCUT2D eigenvalue weighted by Crippen LogP contribution is 2.40. The van der Waals surface area contributed by atoms with E-state index >= 15 is 0 Å². The number of unbranched alkanes of at least 4 members (excludes halogenated alkanes) is 2. The predicted molar refractivity (Wildman–Crippen MR) is 82.1 cm³/mol. The zero-order valence-corrected chi connectivity index (χ0v) is 12.5. The molecule has 1 nitrogen and oxygen atoms in total. The molecule has 1 N–H and O–H groups in total. The largest absolute Gasteiger partial charge is 0.310 e. The highest BCUT2D eigenvalue weighted by Gasteiger charge is 2.31. The summed E-state index contributed by atoms with van der Waals surface area (Å²) < 4.78 is 13.0. The summed E-state index contributed by atoms with van der Waals surface area (Å²) in [5, 5.41) is 3.67. The second kappa shape index (κ2) is 7.91. The van der Waals surface area contributed by atoms with E-state index in [1.165, 1.54) is 43.4 Å². The van der Waals surface area contributed by atoms with Gasteiger partial charge in [-0.2, -0.15) is 11.8 Å². The summed E-state index contributed by atoms with van der Waals surface area (Å²) >= 11 is 1.92. The van der Waals surface area contributed by atoms with E-state index in [1.54, 1.807) is 12.1 Å². The zero-order valence-electron chi connectivity index (χ0n) is 11.7. The molecule has 19 heavy (non-hydrogen) atoms. The van der Waals surface area contributed by atoms with Crippen molar-refractivity contribution in [3.8, 4) is 0 Å². The predicted octanol–water partition coefficient (Wildman–Crippen LogP) is 4.40. The second-order valence-electron chi connectivity index (χ2n) is 5.37. The Labute approximate surface area is 120 Å². The molecular formula is C16H24FNS. The Morgan fingerprint density at radius 1 is 1.21 bits per heavy atom. The molecule has 0 spiro atoms. The molecule has 1 aromatic carbocycles. The van der Waals surface area contributed by atoms with Gasteiger partial charge in [-0.15, -0.1) is 0 Å². The molecule has 1 aliphatic carbocycles. The van der Waals surface area contributed by atoms with Crippen molar-refractivity contribution in [2.45, 2.75) is 38.1 Å². The number of benzene rings is 1. The number of rotatable bonds is 9. The fourth-order valence-corrected chi connectivity index (χ4v) is 2.95. The fourth-order valence-electron chi connectivity index (χ4n) is 2.46. The number of hydrogen-bond acceptors (Lipinski definition) is 2. The van der Waals surface area contributed by atoms with Crippen molar-refractivity contribution in [3.63, 3.8) is 0 Å². The second-order valence-corrected chi connectivity index (χ2v) is 6.36. The molecule has 106 valence electrons. The molecule has 0 bridgehead atoms. The first-order chi connectivity index (χ1) is 9.31. The van der Waals surface area contributed by atoms with E-state index < -0.39 is 0 Å². The van der Waals surface area contributed by atoms with E-state index in [0.717, 1.165) is 12.5 Å². The van der Waals surface area contributed by atoms with Gasteiger partial charge in [0.2, 0.25) is 0 Å². The zero-order chi connectivity index (χ0) is 13.5. The van der Waals surface area contributed by atoms with E-state index in [4.69, 9.17) is 0 Å². The number of nitrogens with one attached hydrogen (secondary N) is 1. The molecule has 0 aromatic heterocycles. The monoisotopic (exact) mass is 281 g/mol. The molecule has 1 aliphatic rings. The minimum Gasteiger partial charge on any atom is -0.310 e. The van der Waals surface area contributed by atoms with Crippen LogP contribution in [0.2, 0.25) is 0 Å². The van der Waals surface area contributed by atoms with Gasteiger partial charge in [-0.1, -0.05) is 18.6 Å². The Morgan fingerprint density at radius 2 is 1.95 bits per heavy atom. The third-order valence-corrected chi connectivity index (χ3v) is 4.41. The average Bonchev–Trinajstić information content (AvgIpc) is 3.24. The number of hydrogen-bond donors (Lipinski definition) is 1. The summed E-state index contributed by atoms with van der Waals surface area (Å²) in [4.78, 5) is 0. The first kappa shape index (κ1) is 14.9. The van der Waals surface area contributed by atoms with Crippen LogP contribution in [0.1, 0.15) is 43.7 Å². The maximum absolute atomic E-state index is 13.0. The van der Waals surface area contributed by atoms with Crippen LogP contribution >= 0.6 is 11.8 Å². The SMILES string of the molecule is CSCCCCCNC(c1ccc(F)cc1)C1CC1. The lowest BCUT2D eigenvalue weighted by Crippen LogP contribution is -2.24. The molecular weight excluding hydrogens is 257 g/mol. The maximum atomic E-state index is 13.0. The van der Waals surface area contributed by atoms with E-state index in [-0.39, 0.29) is 5.82 Å². The molecule has 0 radical (unpaired) electrons. The van der Waals surface area contributed by atoms with Crippen LogP contribution in [0.4, 0.5) is 4.39 Å². The van der Waals surface area contributed by atoms with Gasteiger partial charge >= 0.3 is 0 Å². The molecule has 0 saturated heterocycles. The van der Waals surface area contributed by atoms with Crippen molar-refractivity contribution in [3.05, 3.63) is 35.6 Å². The van der Waals surface area contributed by atoms with Gasteiger partial charge in [0.25, 0.3) is 0 Å². The Kier molecular flexibility index (Phi) is 6.18. The summed E-state index contributed by atoms with van der Waals surface area (Å²) in [6.45, 7) is 1.08. The van der Waals surface area contributed by atoms with Crippen molar-refractivity contribution < 1.29 is 4.39 Å². The highest BCUT2D eigenvalue weighted by atomic mass is 32.2. The third-order valence-electron chi connectivity index (χ3n) is 3.71. The summed E-state index contributed by atoms with van der Waals surface area (Å²) in [6, 6.07) is 7.44. The lowest BCUT2D eigenvalue weighted by Gasteiger charge is -2.18. The summed E-state index contributed by atoms with van der Waals surface area (Å²) in [6.07, 6.45) is 8.63. The lowest BCUT2D eigenvalue weighted by atomic mass is 10.0. The van der Waals surface area contributed by atoms with Gasteiger partial charge < -0.3 is 5.32 Å². The minimum absolute atomic E-state index is 0.143. The van der Waals surface area contributed by atoms with Gasteiger partial charge in [0.05, 0.1) is 0 Å². The first-order valence-corrected chi connectivity index (χ1v) is 8.68. The summed E-state index contributed by atoms with van der Waals surface area (Å²) in [5.74, 6) is 1.89. The minimum atomic E-state index is -0.143. The molecule has 0 amide bonds. The van der Waals surface area contributed by atoms with Gasteiger partial charge in [-0.25, -0.2) is 4.39 Å². The van der Waals surface area contributed by atoms with E-state index in [1.807, 2.05) is 23.9 Å². The molecule has 1 aromatic rings. The van der Waals surface area contributed by atoms with Crippen molar-refractivity contribution in [1.29, 1.82) is 0 Å². The maximum Gasteiger partial charge on any atom is 0.123 e. The topological polar surface area (TPSA) is 12.0 Å². The standard InChI is InChI=1S/C16H24FNS/c1-19-12-4-2-3-11-18-16(13-5-6-13)14-7-9-15(17)10-8-14/h7-10,13,16,18H,2-6,11-12H2,1H3. The van der Waals surface area contributed by atoms with Crippen LogP contribution in [0.15, 0.2) is 24.3 Å². The molecule has 1 saturated carbocycles. The Bertz CT molecular complexity index is 362. The normalized spacial score (nSPS) is 16.5. The molecule has 1 unspecified atom stereocenters. The van der Waals surface area contributed by atoms with Crippen molar-refractivity contribution >= 4 is 11.8 Å². The summed E-state index contributed by atoms with van der Waals surface area (Å²) in [5.41, 5.74) is 1.24. The molecule has 0 aliphatic heterocycles. The smallest absolute Gasteiger partial charge is 0.123 e. The molecule has 0 heterocycles. The Hall–Kier alpha value is -0.540. The molecule has 1 atom stereocenters. The van der Waals surface area contributed by atoms with E-state index in [2.05, 4.69) is 11.6 Å². The average molecular weight is 281 g/mol. The highest BCUT2D eigenvalue weighted by molar-refractivity contribution is 7.98. The van der Waals surface area contributed by atoms with Gasteiger partial charge in [0.1, 0.15) is 5.82 Å². The van der Waals surface area contributed by atoms with Crippen molar-refractivity contribution in [2.24, 2.45) is 5.92 Å². The van der Waals surface area contributed by atoms with Gasteiger partial charge in [-0.05, 0) is 67.9 Å². The molecule has 2 rings (SSSR count). The van der Waals surface area contributed by atoms with Crippen LogP contribution in [-0.2, 0) is 0 Å². The van der Waals surface area contributed by atoms with Crippen molar-refractivity contribution in [1.82, 2.24) is 5.32 Å². The number of halogens is 1. The van der Waals surface area contributed by atoms with Crippen LogP contribution in [0.25, 0.3) is 0 Å². The van der Waals surface area contributed by atoms with Gasteiger partial charge in [0, 0.05) is 6.04 Å². The van der Waals surface area contributed by atoms with Gasteiger partial charge in [-0.3, -0.25) is 0 Å². The van der Waals surface area contributed by atoms with Crippen molar-refractivity contribution in [2.75, 3.05) is 18.6 Å². The molecule has 3 heteroatoms.